The van der Waals surface area contributed by atoms with E-state index in [1.807, 2.05) is 59.6 Å². The third-order valence-electron chi connectivity index (χ3n) is 5.18. The van der Waals surface area contributed by atoms with Gasteiger partial charge in [0.15, 0.2) is 11.5 Å². The van der Waals surface area contributed by atoms with E-state index in [2.05, 4.69) is 12.1 Å². The highest BCUT2D eigenvalue weighted by molar-refractivity contribution is 6.30. The van der Waals surface area contributed by atoms with Gasteiger partial charge in [-0.2, -0.15) is 5.10 Å². The van der Waals surface area contributed by atoms with Gasteiger partial charge in [0.25, 0.3) is 0 Å². The fourth-order valence-electron chi connectivity index (χ4n) is 3.70. The molecule has 0 N–H and O–H groups in total. The molecule has 0 fully saturated rings. The average molecular weight is 423 g/mol. The summed E-state index contributed by atoms with van der Waals surface area (Å²) in [5, 5.41) is 7.72. The Labute approximate surface area is 181 Å². The molecule has 0 radical (unpaired) electrons. The topological polar surface area (TPSA) is 43.3 Å². The van der Waals surface area contributed by atoms with Crippen LogP contribution >= 0.6 is 11.6 Å². The van der Waals surface area contributed by atoms with E-state index in [0.717, 1.165) is 28.9 Å². The average Bonchev–Trinajstić information content (AvgIpc) is 3.24. The Bertz CT molecular complexity index is 1030. The van der Waals surface area contributed by atoms with Crippen LogP contribution in [-0.2, 0) is 0 Å². The molecule has 1 atom stereocenters. The quantitative estimate of drug-likeness (QED) is 0.509. The largest absolute Gasteiger partial charge is 0.493 e. The number of ether oxygens (including phenoxy) is 3. The zero-order valence-electron chi connectivity index (χ0n) is 17.1. The van der Waals surface area contributed by atoms with Gasteiger partial charge in [-0.1, -0.05) is 41.9 Å². The summed E-state index contributed by atoms with van der Waals surface area (Å²) in [7, 11) is 4.86. The molecule has 0 aliphatic carbocycles. The Morgan fingerprint density at radius 2 is 1.50 bits per heavy atom. The standard InChI is InChI=1S/C24H23ClN2O3/c1-28-22-13-17(14-23(29-2)24(22)30-3)21-15-20(16-9-11-18(25)12-10-16)26-27(21)19-7-5-4-6-8-19/h4-14,21H,15H2,1-3H3/t21-/m1/s1. The van der Waals surface area contributed by atoms with Crippen molar-refractivity contribution in [1.29, 1.82) is 0 Å². The van der Waals surface area contributed by atoms with Gasteiger partial charge in [0.1, 0.15) is 0 Å². The van der Waals surface area contributed by atoms with Crippen LogP contribution in [0.1, 0.15) is 23.6 Å². The fourth-order valence-corrected chi connectivity index (χ4v) is 3.83. The Balaban J connectivity index is 1.79. The second kappa shape index (κ2) is 8.67. The molecule has 30 heavy (non-hydrogen) atoms. The van der Waals surface area contributed by atoms with Crippen molar-refractivity contribution in [2.24, 2.45) is 5.10 Å². The van der Waals surface area contributed by atoms with Crippen LogP contribution in [0.5, 0.6) is 17.2 Å². The molecule has 0 unspecified atom stereocenters. The first-order valence-corrected chi connectivity index (χ1v) is 10.00. The number of nitrogens with zero attached hydrogens (tertiary/aromatic N) is 2. The maximum atomic E-state index is 6.07. The Hall–Kier alpha value is -3.18. The third-order valence-corrected chi connectivity index (χ3v) is 5.43. The summed E-state index contributed by atoms with van der Waals surface area (Å²) in [5.41, 5.74) is 4.09. The molecule has 0 aromatic heterocycles. The van der Waals surface area contributed by atoms with Gasteiger partial charge in [-0.3, -0.25) is 5.01 Å². The van der Waals surface area contributed by atoms with Crippen molar-refractivity contribution in [3.05, 3.63) is 82.9 Å². The summed E-state index contributed by atoms with van der Waals surface area (Å²) >= 11 is 6.07. The minimum absolute atomic E-state index is 0.0215. The monoisotopic (exact) mass is 422 g/mol. The molecule has 1 heterocycles. The van der Waals surface area contributed by atoms with Crippen molar-refractivity contribution < 1.29 is 14.2 Å². The molecule has 1 aliphatic heterocycles. The SMILES string of the molecule is COc1cc([C@H]2CC(c3ccc(Cl)cc3)=NN2c2ccccc2)cc(OC)c1OC. The summed E-state index contributed by atoms with van der Waals surface area (Å²) in [6.45, 7) is 0. The zero-order valence-corrected chi connectivity index (χ0v) is 17.9. The lowest BCUT2D eigenvalue weighted by Gasteiger charge is -2.25. The Kier molecular flexibility index (Phi) is 5.81. The van der Waals surface area contributed by atoms with Crippen LogP contribution in [0.15, 0.2) is 71.8 Å². The van der Waals surface area contributed by atoms with Crippen LogP contribution < -0.4 is 19.2 Å². The van der Waals surface area contributed by atoms with Gasteiger partial charge in [0.2, 0.25) is 5.75 Å². The van der Waals surface area contributed by atoms with Crippen molar-refractivity contribution in [2.45, 2.75) is 12.5 Å². The molecule has 0 saturated carbocycles. The molecule has 0 amide bonds. The second-order valence-corrected chi connectivity index (χ2v) is 7.35. The zero-order chi connectivity index (χ0) is 21.1. The summed E-state index contributed by atoms with van der Waals surface area (Å²) in [4.78, 5) is 0. The predicted octanol–water partition coefficient (Wildman–Crippen LogP) is 5.72. The first-order chi connectivity index (χ1) is 14.6. The summed E-state index contributed by atoms with van der Waals surface area (Å²) < 4.78 is 16.6. The van der Waals surface area contributed by atoms with Gasteiger partial charge in [0.05, 0.1) is 38.8 Å². The van der Waals surface area contributed by atoms with E-state index in [0.29, 0.717) is 22.3 Å². The van der Waals surface area contributed by atoms with E-state index in [4.69, 9.17) is 30.9 Å². The number of hydrogen-bond acceptors (Lipinski definition) is 5. The first-order valence-electron chi connectivity index (χ1n) is 9.62. The number of rotatable bonds is 6. The summed E-state index contributed by atoms with van der Waals surface area (Å²) in [5.74, 6) is 1.83. The van der Waals surface area contributed by atoms with Crippen molar-refractivity contribution in [2.75, 3.05) is 26.3 Å². The van der Waals surface area contributed by atoms with Crippen LogP contribution in [0.25, 0.3) is 0 Å². The second-order valence-electron chi connectivity index (χ2n) is 6.91. The molecule has 3 aromatic rings. The minimum atomic E-state index is -0.0215. The summed E-state index contributed by atoms with van der Waals surface area (Å²) in [6, 6.07) is 21.9. The number of para-hydroxylation sites is 1. The van der Waals surface area contributed by atoms with Crippen molar-refractivity contribution in [1.82, 2.24) is 0 Å². The first kappa shape index (κ1) is 20.1. The van der Waals surface area contributed by atoms with E-state index >= 15 is 0 Å². The van der Waals surface area contributed by atoms with Gasteiger partial charge in [-0.15, -0.1) is 0 Å². The highest BCUT2D eigenvalue weighted by Crippen LogP contribution is 2.44. The third kappa shape index (κ3) is 3.81. The maximum absolute atomic E-state index is 6.07. The number of methoxy groups -OCH3 is 3. The van der Waals surface area contributed by atoms with E-state index in [9.17, 15) is 0 Å². The van der Waals surface area contributed by atoms with Gasteiger partial charge < -0.3 is 14.2 Å². The van der Waals surface area contributed by atoms with E-state index in [1.54, 1.807) is 21.3 Å². The number of benzene rings is 3. The molecule has 154 valence electrons. The lowest BCUT2D eigenvalue weighted by Crippen LogP contribution is -2.18. The molecule has 6 heteroatoms. The Morgan fingerprint density at radius 3 is 2.07 bits per heavy atom. The highest BCUT2D eigenvalue weighted by atomic mass is 35.5. The van der Waals surface area contributed by atoms with Gasteiger partial charge >= 0.3 is 0 Å². The van der Waals surface area contributed by atoms with E-state index in [-0.39, 0.29) is 6.04 Å². The van der Waals surface area contributed by atoms with Crippen molar-refractivity contribution >= 4 is 23.0 Å². The predicted molar refractivity (Wildman–Crippen MR) is 120 cm³/mol. The van der Waals surface area contributed by atoms with Crippen LogP contribution in [0, 0.1) is 0 Å². The summed E-state index contributed by atoms with van der Waals surface area (Å²) in [6.07, 6.45) is 0.731. The fraction of sp³-hybridized carbons (Fsp3) is 0.208. The molecule has 0 bridgehead atoms. The van der Waals surface area contributed by atoms with Gasteiger partial charge in [-0.05, 0) is 47.5 Å². The van der Waals surface area contributed by atoms with Crippen LogP contribution in [0.2, 0.25) is 5.02 Å². The Morgan fingerprint density at radius 1 is 0.867 bits per heavy atom. The lowest BCUT2D eigenvalue weighted by atomic mass is 9.97. The molecule has 4 rings (SSSR count). The van der Waals surface area contributed by atoms with E-state index in [1.165, 1.54) is 0 Å². The molecule has 5 nitrogen and oxygen atoms in total. The normalized spacial score (nSPS) is 15.7. The number of anilines is 1. The van der Waals surface area contributed by atoms with Crippen LogP contribution in [-0.4, -0.2) is 27.0 Å². The molecule has 0 saturated heterocycles. The lowest BCUT2D eigenvalue weighted by molar-refractivity contribution is 0.323. The van der Waals surface area contributed by atoms with Gasteiger partial charge in [0, 0.05) is 11.4 Å². The minimum Gasteiger partial charge on any atom is -0.493 e. The van der Waals surface area contributed by atoms with Crippen LogP contribution in [0.4, 0.5) is 5.69 Å². The smallest absolute Gasteiger partial charge is 0.203 e. The van der Waals surface area contributed by atoms with Crippen molar-refractivity contribution in [3.63, 3.8) is 0 Å². The maximum Gasteiger partial charge on any atom is 0.203 e. The molecular weight excluding hydrogens is 400 g/mol. The van der Waals surface area contributed by atoms with Crippen LogP contribution in [0.3, 0.4) is 0 Å². The van der Waals surface area contributed by atoms with Gasteiger partial charge in [-0.25, -0.2) is 0 Å². The van der Waals surface area contributed by atoms with E-state index < -0.39 is 0 Å². The number of hydrogen-bond donors (Lipinski definition) is 0. The number of halogens is 1. The number of hydrazone groups is 1. The molecular formula is C24H23ClN2O3. The molecule has 1 aliphatic rings. The highest BCUT2D eigenvalue weighted by Gasteiger charge is 2.31. The molecule has 0 spiro atoms. The van der Waals surface area contributed by atoms with Crippen molar-refractivity contribution in [3.8, 4) is 17.2 Å². The molecule has 3 aromatic carbocycles.